The van der Waals surface area contributed by atoms with Crippen molar-refractivity contribution in [3.8, 4) is 0 Å². The molecule has 0 radical (unpaired) electrons. The SMILES string of the molecule is Cc1cc(C(=O)NC2CCC(CO)CC2)cc(C)c1F. The minimum absolute atomic E-state index is 0.136. The van der Waals surface area contributed by atoms with Crippen molar-refractivity contribution in [3.05, 3.63) is 34.6 Å². The second kappa shape index (κ2) is 6.35. The lowest BCUT2D eigenvalue weighted by Gasteiger charge is -2.28. The molecule has 110 valence electrons. The summed E-state index contributed by atoms with van der Waals surface area (Å²) in [5.41, 5.74) is 1.52. The Labute approximate surface area is 119 Å². The second-order valence-electron chi connectivity index (χ2n) is 5.80. The van der Waals surface area contributed by atoms with Crippen LogP contribution in [0.3, 0.4) is 0 Å². The van der Waals surface area contributed by atoms with Crippen LogP contribution in [0.2, 0.25) is 0 Å². The van der Waals surface area contributed by atoms with Crippen molar-refractivity contribution in [2.24, 2.45) is 5.92 Å². The number of benzene rings is 1. The number of hydrogen-bond acceptors (Lipinski definition) is 2. The molecule has 1 aromatic rings. The summed E-state index contributed by atoms with van der Waals surface area (Å²) >= 11 is 0. The maximum atomic E-state index is 13.6. The first-order chi connectivity index (χ1) is 9.51. The Morgan fingerprint density at radius 2 is 1.80 bits per heavy atom. The van der Waals surface area contributed by atoms with Crippen LogP contribution < -0.4 is 5.32 Å². The van der Waals surface area contributed by atoms with E-state index in [1.807, 2.05) is 0 Å². The molecule has 4 heteroatoms. The van der Waals surface area contributed by atoms with Gasteiger partial charge in [-0.05, 0) is 68.7 Å². The predicted molar refractivity (Wildman–Crippen MR) is 76.2 cm³/mol. The predicted octanol–water partition coefficient (Wildman–Crippen LogP) is 2.72. The average Bonchev–Trinajstić information content (AvgIpc) is 2.45. The van der Waals surface area contributed by atoms with Crippen LogP contribution in [-0.2, 0) is 0 Å². The third-order valence-electron chi connectivity index (χ3n) is 4.14. The van der Waals surface area contributed by atoms with Crippen molar-refractivity contribution in [1.29, 1.82) is 0 Å². The molecule has 1 saturated carbocycles. The molecular weight excluding hydrogens is 257 g/mol. The largest absolute Gasteiger partial charge is 0.396 e. The standard InChI is InChI=1S/C16H22FNO2/c1-10-7-13(8-11(2)15(10)17)16(20)18-14-5-3-12(9-19)4-6-14/h7-8,12,14,19H,3-6,9H2,1-2H3,(H,18,20). The van der Waals surface area contributed by atoms with Gasteiger partial charge in [0.1, 0.15) is 5.82 Å². The van der Waals surface area contributed by atoms with Gasteiger partial charge in [0.05, 0.1) is 0 Å². The number of halogens is 1. The average molecular weight is 279 g/mol. The van der Waals surface area contributed by atoms with Crippen molar-refractivity contribution < 1.29 is 14.3 Å². The summed E-state index contributed by atoms with van der Waals surface area (Å²) < 4.78 is 13.6. The molecule has 1 aromatic carbocycles. The molecule has 2 rings (SSSR count). The lowest BCUT2D eigenvalue weighted by Crippen LogP contribution is -2.38. The van der Waals surface area contributed by atoms with Gasteiger partial charge in [-0.1, -0.05) is 0 Å². The minimum atomic E-state index is -0.245. The molecule has 0 unspecified atom stereocenters. The summed E-state index contributed by atoms with van der Waals surface area (Å²) in [5, 5.41) is 12.1. The van der Waals surface area contributed by atoms with Crippen LogP contribution in [0.4, 0.5) is 4.39 Å². The van der Waals surface area contributed by atoms with E-state index in [-0.39, 0.29) is 24.4 Å². The smallest absolute Gasteiger partial charge is 0.251 e. The summed E-state index contributed by atoms with van der Waals surface area (Å²) in [6, 6.07) is 3.35. The van der Waals surface area contributed by atoms with E-state index in [0.717, 1.165) is 25.7 Å². The summed E-state index contributed by atoms with van der Waals surface area (Å²) in [7, 11) is 0. The van der Waals surface area contributed by atoms with E-state index in [1.165, 1.54) is 0 Å². The molecule has 1 aliphatic carbocycles. The van der Waals surface area contributed by atoms with Crippen molar-refractivity contribution in [3.63, 3.8) is 0 Å². The summed E-state index contributed by atoms with van der Waals surface area (Å²) in [6.07, 6.45) is 3.69. The zero-order valence-electron chi connectivity index (χ0n) is 12.1. The number of amides is 1. The minimum Gasteiger partial charge on any atom is -0.396 e. The van der Waals surface area contributed by atoms with Gasteiger partial charge < -0.3 is 10.4 Å². The lowest BCUT2D eigenvalue weighted by molar-refractivity contribution is 0.0913. The fourth-order valence-corrected chi connectivity index (χ4v) is 2.84. The lowest BCUT2D eigenvalue weighted by atomic mass is 9.86. The van der Waals surface area contributed by atoms with E-state index in [4.69, 9.17) is 5.11 Å². The molecule has 0 aliphatic heterocycles. The van der Waals surface area contributed by atoms with Gasteiger partial charge in [-0.15, -0.1) is 0 Å². The van der Waals surface area contributed by atoms with Gasteiger partial charge in [0.2, 0.25) is 0 Å². The number of aliphatic hydroxyl groups is 1. The molecule has 20 heavy (non-hydrogen) atoms. The first-order valence-electron chi connectivity index (χ1n) is 7.19. The van der Waals surface area contributed by atoms with Crippen LogP contribution in [-0.4, -0.2) is 23.7 Å². The van der Waals surface area contributed by atoms with E-state index in [2.05, 4.69) is 5.32 Å². The second-order valence-corrected chi connectivity index (χ2v) is 5.80. The zero-order chi connectivity index (χ0) is 14.7. The topological polar surface area (TPSA) is 49.3 Å². The molecule has 1 aliphatic rings. The van der Waals surface area contributed by atoms with Gasteiger partial charge in [-0.3, -0.25) is 4.79 Å². The Morgan fingerprint density at radius 1 is 1.25 bits per heavy atom. The van der Waals surface area contributed by atoms with Crippen molar-refractivity contribution in [1.82, 2.24) is 5.32 Å². The number of aryl methyl sites for hydroxylation is 2. The third kappa shape index (κ3) is 3.37. The van der Waals surface area contributed by atoms with Crippen molar-refractivity contribution >= 4 is 5.91 Å². The summed E-state index contributed by atoms with van der Waals surface area (Å²) in [5.74, 6) is -0.00730. The van der Waals surface area contributed by atoms with E-state index in [9.17, 15) is 9.18 Å². The molecule has 0 saturated heterocycles. The zero-order valence-corrected chi connectivity index (χ0v) is 12.1. The van der Waals surface area contributed by atoms with E-state index < -0.39 is 0 Å². The van der Waals surface area contributed by atoms with Gasteiger partial charge in [0, 0.05) is 18.2 Å². The highest BCUT2D eigenvalue weighted by Gasteiger charge is 2.22. The Kier molecular flexibility index (Phi) is 4.76. The number of hydrogen-bond donors (Lipinski definition) is 2. The van der Waals surface area contributed by atoms with Crippen molar-refractivity contribution in [2.45, 2.75) is 45.6 Å². The van der Waals surface area contributed by atoms with Gasteiger partial charge in [0.15, 0.2) is 0 Å². The van der Waals surface area contributed by atoms with Crippen LogP contribution in [0, 0.1) is 25.6 Å². The molecule has 0 bridgehead atoms. The van der Waals surface area contributed by atoms with Crippen LogP contribution in [0.25, 0.3) is 0 Å². The molecule has 0 atom stereocenters. The summed E-state index contributed by atoms with van der Waals surface area (Å²) in [6.45, 7) is 3.58. The van der Waals surface area contributed by atoms with Crippen molar-refractivity contribution in [2.75, 3.05) is 6.61 Å². The Balaban J connectivity index is 1.99. The van der Waals surface area contributed by atoms with Crippen LogP contribution in [0.5, 0.6) is 0 Å². The highest BCUT2D eigenvalue weighted by molar-refractivity contribution is 5.94. The quantitative estimate of drug-likeness (QED) is 0.893. The number of aliphatic hydroxyl groups excluding tert-OH is 1. The molecule has 2 N–H and O–H groups in total. The van der Waals surface area contributed by atoms with Crippen LogP contribution in [0.1, 0.15) is 47.2 Å². The van der Waals surface area contributed by atoms with Gasteiger partial charge in [-0.25, -0.2) is 4.39 Å². The molecule has 3 nitrogen and oxygen atoms in total. The summed E-state index contributed by atoms with van der Waals surface area (Å²) in [4.78, 5) is 12.2. The highest BCUT2D eigenvalue weighted by Crippen LogP contribution is 2.24. The van der Waals surface area contributed by atoms with Crippen LogP contribution >= 0.6 is 0 Å². The van der Waals surface area contributed by atoms with E-state index in [0.29, 0.717) is 22.6 Å². The number of nitrogens with one attached hydrogen (secondary N) is 1. The number of rotatable bonds is 3. The molecule has 1 fully saturated rings. The van der Waals surface area contributed by atoms with Gasteiger partial charge >= 0.3 is 0 Å². The molecular formula is C16H22FNO2. The molecule has 1 amide bonds. The number of carbonyl (C=O) groups excluding carboxylic acids is 1. The maximum absolute atomic E-state index is 13.6. The normalized spacial score (nSPS) is 22.6. The Morgan fingerprint density at radius 3 is 2.30 bits per heavy atom. The fraction of sp³-hybridized carbons (Fsp3) is 0.562. The number of carbonyl (C=O) groups is 1. The first kappa shape index (κ1) is 15.0. The maximum Gasteiger partial charge on any atom is 0.251 e. The third-order valence-corrected chi connectivity index (χ3v) is 4.14. The van der Waals surface area contributed by atoms with Gasteiger partial charge in [0.25, 0.3) is 5.91 Å². The first-order valence-corrected chi connectivity index (χ1v) is 7.19. The van der Waals surface area contributed by atoms with Gasteiger partial charge in [-0.2, -0.15) is 0 Å². The van der Waals surface area contributed by atoms with E-state index >= 15 is 0 Å². The Hall–Kier alpha value is -1.42. The monoisotopic (exact) mass is 279 g/mol. The highest BCUT2D eigenvalue weighted by atomic mass is 19.1. The molecule has 0 aromatic heterocycles. The fourth-order valence-electron chi connectivity index (χ4n) is 2.84. The molecule has 0 spiro atoms. The van der Waals surface area contributed by atoms with E-state index in [1.54, 1.807) is 26.0 Å². The van der Waals surface area contributed by atoms with Crippen LogP contribution in [0.15, 0.2) is 12.1 Å². The Bertz CT molecular complexity index is 470. The molecule has 0 heterocycles.